The van der Waals surface area contributed by atoms with Crippen molar-refractivity contribution in [3.63, 3.8) is 0 Å². The number of carbonyl (C=O) groups is 1. The molecular formula is C16H21N3O2S. The quantitative estimate of drug-likeness (QED) is 0.740. The number of thioether (sulfide) groups is 1. The lowest BCUT2D eigenvalue weighted by atomic mass is 9.85. The van der Waals surface area contributed by atoms with E-state index in [1.54, 1.807) is 0 Å². The number of aliphatic hydroxyl groups is 1. The SMILES string of the molecule is O=C(CSc1nc2ccccc2[nH]1)NCC1(O)CCCCC1. The second kappa shape index (κ2) is 6.71. The zero-order valence-corrected chi connectivity index (χ0v) is 13.3. The Balaban J connectivity index is 1.47. The van der Waals surface area contributed by atoms with Crippen LogP contribution in [0.3, 0.4) is 0 Å². The zero-order chi connectivity index (χ0) is 15.4. The van der Waals surface area contributed by atoms with E-state index < -0.39 is 5.60 Å². The maximum Gasteiger partial charge on any atom is 0.230 e. The van der Waals surface area contributed by atoms with Crippen LogP contribution in [0.2, 0.25) is 0 Å². The number of aromatic nitrogens is 2. The van der Waals surface area contributed by atoms with Gasteiger partial charge in [0.15, 0.2) is 5.16 Å². The van der Waals surface area contributed by atoms with Gasteiger partial charge >= 0.3 is 0 Å². The number of rotatable bonds is 5. The van der Waals surface area contributed by atoms with Crippen LogP contribution in [0.5, 0.6) is 0 Å². The highest BCUT2D eigenvalue weighted by molar-refractivity contribution is 7.99. The molecule has 1 heterocycles. The molecule has 0 atom stereocenters. The maximum absolute atomic E-state index is 11.9. The van der Waals surface area contributed by atoms with Gasteiger partial charge in [-0.25, -0.2) is 4.98 Å². The monoisotopic (exact) mass is 319 g/mol. The first kappa shape index (κ1) is 15.4. The van der Waals surface area contributed by atoms with Crippen molar-refractivity contribution < 1.29 is 9.90 Å². The van der Waals surface area contributed by atoms with E-state index in [-0.39, 0.29) is 5.91 Å². The summed E-state index contributed by atoms with van der Waals surface area (Å²) in [7, 11) is 0. The number of hydrogen-bond acceptors (Lipinski definition) is 4. The van der Waals surface area contributed by atoms with Crippen LogP contribution in [0.25, 0.3) is 11.0 Å². The molecule has 1 saturated carbocycles. The van der Waals surface area contributed by atoms with Crippen LogP contribution < -0.4 is 5.32 Å². The van der Waals surface area contributed by atoms with E-state index in [9.17, 15) is 9.90 Å². The molecule has 0 spiro atoms. The number of benzene rings is 1. The van der Waals surface area contributed by atoms with E-state index in [4.69, 9.17) is 0 Å². The number of H-pyrrole nitrogens is 1. The lowest BCUT2D eigenvalue weighted by Gasteiger charge is -2.32. The lowest BCUT2D eigenvalue weighted by molar-refractivity contribution is -0.120. The highest BCUT2D eigenvalue weighted by Crippen LogP contribution is 2.27. The third-order valence-electron chi connectivity index (χ3n) is 4.11. The molecule has 118 valence electrons. The van der Waals surface area contributed by atoms with Gasteiger partial charge in [0, 0.05) is 6.54 Å². The number of carbonyl (C=O) groups excluding carboxylic acids is 1. The first-order valence-corrected chi connectivity index (χ1v) is 8.70. The molecule has 1 amide bonds. The predicted molar refractivity (Wildman–Crippen MR) is 87.9 cm³/mol. The summed E-state index contributed by atoms with van der Waals surface area (Å²) in [6.45, 7) is 0.354. The Morgan fingerprint density at radius 3 is 2.86 bits per heavy atom. The minimum atomic E-state index is -0.710. The van der Waals surface area contributed by atoms with Crippen molar-refractivity contribution in [1.29, 1.82) is 0 Å². The van der Waals surface area contributed by atoms with Crippen LogP contribution in [0.4, 0.5) is 0 Å². The Hall–Kier alpha value is -1.53. The fourth-order valence-electron chi connectivity index (χ4n) is 2.83. The van der Waals surface area contributed by atoms with Crippen molar-refractivity contribution in [3.8, 4) is 0 Å². The smallest absolute Gasteiger partial charge is 0.230 e. The number of imidazole rings is 1. The van der Waals surface area contributed by atoms with E-state index in [1.165, 1.54) is 18.2 Å². The Morgan fingerprint density at radius 1 is 1.32 bits per heavy atom. The van der Waals surface area contributed by atoms with Gasteiger partial charge in [0.1, 0.15) is 0 Å². The molecule has 2 aromatic rings. The minimum absolute atomic E-state index is 0.0653. The Labute approximate surface area is 133 Å². The molecule has 0 aliphatic heterocycles. The highest BCUT2D eigenvalue weighted by Gasteiger charge is 2.29. The molecule has 1 aromatic heterocycles. The van der Waals surface area contributed by atoms with Crippen molar-refractivity contribution in [1.82, 2.24) is 15.3 Å². The van der Waals surface area contributed by atoms with E-state index >= 15 is 0 Å². The van der Waals surface area contributed by atoms with Crippen molar-refractivity contribution >= 4 is 28.7 Å². The van der Waals surface area contributed by atoms with Crippen LogP contribution in [0.1, 0.15) is 32.1 Å². The molecule has 22 heavy (non-hydrogen) atoms. The van der Waals surface area contributed by atoms with Crippen molar-refractivity contribution in [2.24, 2.45) is 0 Å². The van der Waals surface area contributed by atoms with Gasteiger partial charge in [0.2, 0.25) is 5.91 Å². The van der Waals surface area contributed by atoms with E-state index in [2.05, 4.69) is 15.3 Å². The van der Waals surface area contributed by atoms with Gasteiger partial charge in [-0.1, -0.05) is 43.2 Å². The second-order valence-corrected chi connectivity index (χ2v) is 6.87. The number of nitrogens with zero attached hydrogens (tertiary/aromatic N) is 1. The summed E-state index contributed by atoms with van der Waals surface area (Å²) in [5.74, 6) is 0.236. The van der Waals surface area contributed by atoms with Crippen LogP contribution in [0, 0.1) is 0 Å². The summed E-state index contributed by atoms with van der Waals surface area (Å²) >= 11 is 1.38. The van der Waals surface area contributed by atoms with Crippen LogP contribution >= 0.6 is 11.8 Å². The molecule has 6 heteroatoms. The lowest BCUT2D eigenvalue weighted by Crippen LogP contribution is -2.44. The Kier molecular flexibility index (Phi) is 4.69. The highest BCUT2D eigenvalue weighted by atomic mass is 32.2. The number of aromatic amines is 1. The Morgan fingerprint density at radius 2 is 2.09 bits per heavy atom. The van der Waals surface area contributed by atoms with E-state index in [0.717, 1.165) is 41.9 Å². The third-order valence-corrected chi connectivity index (χ3v) is 4.98. The minimum Gasteiger partial charge on any atom is -0.388 e. The van der Waals surface area contributed by atoms with E-state index in [0.29, 0.717) is 12.3 Å². The molecular weight excluding hydrogens is 298 g/mol. The van der Waals surface area contributed by atoms with Crippen LogP contribution in [-0.2, 0) is 4.79 Å². The van der Waals surface area contributed by atoms with Crippen molar-refractivity contribution in [3.05, 3.63) is 24.3 Å². The third kappa shape index (κ3) is 3.81. The zero-order valence-electron chi connectivity index (χ0n) is 12.5. The van der Waals surface area contributed by atoms with Gasteiger partial charge in [-0.2, -0.15) is 0 Å². The van der Waals surface area contributed by atoms with Gasteiger partial charge in [0.25, 0.3) is 0 Å². The van der Waals surface area contributed by atoms with Gasteiger partial charge in [-0.15, -0.1) is 0 Å². The van der Waals surface area contributed by atoms with Crippen molar-refractivity contribution in [2.45, 2.75) is 42.9 Å². The predicted octanol–water partition coefficient (Wildman–Crippen LogP) is 2.47. The Bertz CT molecular complexity index is 617. The summed E-state index contributed by atoms with van der Waals surface area (Å²) in [5.41, 5.74) is 1.17. The number of para-hydroxylation sites is 2. The molecule has 0 saturated heterocycles. The fraction of sp³-hybridized carbons (Fsp3) is 0.500. The van der Waals surface area contributed by atoms with Crippen LogP contribution in [-0.4, -0.2) is 38.9 Å². The fourth-order valence-corrected chi connectivity index (χ4v) is 3.55. The molecule has 1 fully saturated rings. The first-order valence-electron chi connectivity index (χ1n) is 7.71. The summed E-state index contributed by atoms with van der Waals surface area (Å²) in [6.07, 6.45) is 4.83. The molecule has 0 unspecified atom stereocenters. The molecule has 3 N–H and O–H groups in total. The number of fused-ring (bicyclic) bond motifs is 1. The topological polar surface area (TPSA) is 78.0 Å². The number of hydrogen-bond donors (Lipinski definition) is 3. The van der Waals surface area contributed by atoms with Gasteiger partial charge < -0.3 is 15.4 Å². The summed E-state index contributed by atoms with van der Waals surface area (Å²) in [5, 5.41) is 13.9. The molecule has 1 aliphatic carbocycles. The van der Waals surface area contributed by atoms with Gasteiger partial charge in [-0.05, 0) is 25.0 Å². The molecule has 0 radical (unpaired) electrons. The largest absolute Gasteiger partial charge is 0.388 e. The van der Waals surface area contributed by atoms with Crippen LogP contribution in [0.15, 0.2) is 29.4 Å². The summed E-state index contributed by atoms with van der Waals surface area (Å²) in [6, 6.07) is 7.79. The van der Waals surface area contributed by atoms with Crippen molar-refractivity contribution in [2.75, 3.05) is 12.3 Å². The second-order valence-electron chi connectivity index (χ2n) is 5.91. The van der Waals surface area contributed by atoms with E-state index in [1.807, 2.05) is 24.3 Å². The standard InChI is InChI=1S/C16H21N3O2S/c20-14(17-11-16(21)8-4-1-5-9-16)10-22-15-18-12-6-2-3-7-13(12)19-15/h2-3,6-7,21H,1,4-5,8-11H2,(H,17,20)(H,18,19). The van der Waals surface area contributed by atoms with Gasteiger partial charge in [0.05, 0.1) is 22.4 Å². The number of amides is 1. The first-order chi connectivity index (χ1) is 10.6. The van der Waals surface area contributed by atoms with Gasteiger partial charge in [-0.3, -0.25) is 4.79 Å². The summed E-state index contributed by atoms with van der Waals surface area (Å²) in [4.78, 5) is 19.5. The molecule has 0 bridgehead atoms. The number of nitrogens with one attached hydrogen (secondary N) is 2. The average molecular weight is 319 g/mol. The maximum atomic E-state index is 11.9. The molecule has 5 nitrogen and oxygen atoms in total. The molecule has 1 aromatic carbocycles. The molecule has 3 rings (SSSR count). The summed E-state index contributed by atoms with van der Waals surface area (Å²) < 4.78 is 0. The normalized spacial score (nSPS) is 17.5. The average Bonchev–Trinajstić information content (AvgIpc) is 2.95. The molecule has 1 aliphatic rings.